The van der Waals surface area contributed by atoms with E-state index in [0.717, 1.165) is 42.6 Å². The topological polar surface area (TPSA) is 110 Å². The van der Waals surface area contributed by atoms with Crippen LogP contribution in [0.5, 0.6) is 5.88 Å². The van der Waals surface area contributed by atoms with Crippen LogP contribution in [0.1, 0.15) is 57.2 Å². The number of aromatic hydroxyl groups is 1. The van der Waals surface area contributed by atoms with E-state index in [2.05, 4.69) is 61.6 Å². The third kappa shape index (κ3) is 3.56. The van der Waals surface area contributed by atoms with Gasteiger partial charge in [-0.2, -0.15) is 0 Å². The molecule has 2 aliphatic heterocycles. The summed E-state index contributed by atoms with van der Waals surface area (Å²) in [6, 6.07) is 3.75. The van der Waals surface area contributed by atoms with Gasteiger partial charge in [0.05, 0.1) is 12.1 Å². The molecule has 0 saturated carbocycles. The van der Waals surface area contributed by atoms with E-state index in [1.807, 2.05) is 0 Å². The first-order valence-electron chi connectivity index (χ1n) is 12.3. The van der Waals surface area contributed by atoms with Gasteiger partial charge in [0.2, 0.25) is 11.8 Å². The molecular weight excluding hydrogens is 486 g/mol. The largest absolute Gasteiger partial charge is 0.502 e. The van der Waals surface area contributed by atoms with Crippen LogP contribution in [0.3, 0.4) is 0 Å². The molecule has 2 N–H and O–H groups in total. The number of aromatic nitrogens is 1. The van der Waals surface area contributed by atoms with Gasteiger partial charge in [0, 0.05) is 34.9 Å². The van der Waals surface area contributed by atoms with Crippen molar-refractivity contribution in [2.45, 2.75) is 51.4 Å². The smallest absolute Gasteiger partial charge is 0.343 e. The molecule has 9 nitrogen and oxygen atoms in total. The summed E-state index contributed by atoms with van der Waals surface area (Å²) in [6.45, 7) is 25.2. The first-order chi connectivity index (χ1) is 17.8. The molecule has 0 bridgehead atoms. The minimum atomic E-state index is -0.878. The maximum atomic E-state index is 13.3. The van der Waals surface area contributed by atoms with Crippen molar-refractivity contribution in [1.82, 2.24) is 4.57 Å². The van der Waals surface area contributed by atoms with Crippen molar-refractivity contribution in [2.24, 2.45) is 0 Å². The van der Waals surface area contributed by atoms with Gasteiger partial charge in [-0.15, -0.1) is 6.58 Å². The van der Waals surface area contributed by atoms with Gasteiger partial charge in [-0.25, -0.2) is 19.5 Å². The Bertz CT molecular complexity index is 1820. The van der Waals surface area contributed by atoms with Crippen LogP contribution >= 0.6 is 0 Å². The molecule has 0 saturated heterocycles. The summed E-state index contributed by atoms with van der Waals surface area (Å²) < 4.78 is 6.50. The molecule has 0 spiro atoms. The van der Waals surface area contributed by atoms with E-state index in [-0.39, 0.29) is 32.5 Å². The van der Waals surface area contributed by atoms with E-state index in [9.17, 15) is 14.7 Å². The lowest BCUT2D eigenvalue weighted by Crippen LogP contribution is -2.45. The quantitative estimate of drug-likeness (QED) is 0.181. The first kappa shape index (κ1) is 25.4. The van der Waals surface area contributed by atoms with Crippen molar-refractivity contribution >= 4 is 40.9 Å². The van der Waals surface area contributed by atoms with Gasteiger partial charge in [0.25, 0.3) is 11.2 Å². The summed E-state index contributed by atoms with van der Waals surface area (Å²) in [6.07, 6.45) is 3.19. The molecule has 3 aromatic rings. The fourth-order valence-corrected chi connectivity index (χ4v) is 5.68. The van der Waals surface area contributed by atoms with Crippen LogP contribution in [0, 0.1) is 6.57 Å². The minimum Gasteiger partial charge on any atom is -0.502 e. The third-order valence-corrected chi connectivity index (χ3v) is 7.99. The highest BCUT2D eigenvalue weighted by Crippen LogP contribution is 2.51. The molecule has 2 aromatic heterocycles. The Hall–Kier alpha value is -4.29. The van der Waals surface area contributed by atoms with E-state index >= 15 is 0 Å². The van der Waals surface area contributed by atoms with Crippen LogP contribution in [0.2, 0.25) is 0 Å². The summed E-state index contributed by atoms with van der Waals surface area (Å²) >= 11 is 0. The molecule has 1 aromatic carbocycles. The highest BCUT2D eigenvalue weighted by molar-refractivity contribution is 5.91. The van der Waals surface area contributed by atoms with Crippen LogP contribution in [0.15, 0.2) is 32.7 Å². The molecule has 0 radical (unpaired) electrons. The maximum Gasteiger partial charge on any atom is 0.343 e. The van der Waals surface area contributed by atoms with E-state index in [0.29, 0.717) is 10.2 Å². The second-order valence-corrected chi connectivity index (χ2v) is 11.3. The van der Waals surface area contributed by atoms with Gasteiger partial charge in [0.15, 0.2) is 0 Å². The molecule has 2 aliphatic rings. The fourth-order valence-electron chi connectivity index (χ4n) is 5.68. The Kier molecular flexibility index (Phi) is 5.58. The summed E-state index contributed by atoms with van der Waals surface area (Å²) in [5, 5.41) is 19.9. The first-order valence-corrected chi connectivity index (χ1v) is 12.3. The summed E-state index contributed by atoms with van der Waals surface area (Å²) in [5.74, 6) is -1.39. The SMILES string of the molecule is [C-]#[N+]c1c(O)n(C(=C)OO)c(=O)c(=Cc2cc3cc4c5c(c3oc2=O)C(C)(C)CCN5CCC4(C)C)c1=C. The Morgan fingerprint density at radius 3 is 2.47 bits per heavy atom. The van der Waals surface area contributed by atoms with E-state index in [4.69, 9.17) is 16.2 Å². The van der Waals surface area contributed by atoms with Crippen molar-refractivity contribution in [3.8, 4) is 5.88 Å². The number of nitrogens with zero attached hydrogens (tertiary/aromatic N) is 3. The second kappa shape index (κ2) is 8.36. The number of rotatable bonds is 3. The van der Waals surface area contributed by atoms with E-state index in [1.165, 1.54) is 11.6 Å². The molecule has 0 amide bonds. The highest BCUT2D eigenvalue weighted by Gasteiger charge is 2.41. The summed E-state index contributed by atoms with van der Waals surface area (Å²) in [4.78, 5) is 36.2. The third-order valence-electron chi connectivity index (χ3n) is 7.99. The predicted molar refractivity (Wildman–Crippen MR) is 146 cm³/mol. The average Bonchev–Trinajstić information content (AvgIpc) is 2.85. The fraction of sp³-hybridized carbons (Fsp3) is 0.345. The second-order valence-electron chi connectivity index (χ2n) is 11.3. The number of hydrogen-bond donors (Lipinski definition) is 2. The number of fused-ring (bicyclic) bond motifs is 2. The average molecular weight is 516 g/mol. The lowest BCUT2D eigenvalue weighted by Gasteiger charge is -2.48. The molecule has 0 aliphatic carbocycles. The zero-order valence-electron chi connectivity index (χ0n) is 21.8. The normalized spacial score (nSPS) is 17.7. The van der Waals surface area contributed by atoms with Crippen LogP contribution in [0.25, 0.3) is 34.4 Å². The molecule has 9 heteroatoms. The molecule has 0 fully saturated rings. The van der Waals surface area contributed by atoms with Crippen LogP contribution in [0.4, 0.5) is 11.4 Å². The van der Waals surface area contributed by atoms with Gasteiger partial charge in [0.1, 0.15) is 5.58 Å². The lowest BCUT2D eigenvalue weighted by molar-refractivity contribution is -0.176. The summed E-state index contributed by atoms with van der Waals surface area (Å²) in [7, 11) is 0. The number of pyridine rings is 1. The van der Waals surface area contributed by atoms with E-state index in [1.54, 1.807) is 6.07 Å². The Morgan fingerprint density at radius 1 is 1.18 bits per heavy atom. The van der Waals surface area contributed by atoms with Gasteiger partial charge >= 0.3 is 5.63 Å². The predicted octanol–water partition coefficient (Wildman–Crippen LogP) is 3.54. The minimum absolute atomic E-state index is 0.0782. The van der Waals surface area contributed by atoms with Crippen molar-refractivity contribution in [3.05, 3.63) is 78.0 Å². The van der Waals surface area contributed by atoms with Gasteiger partial charge < -0.3 is 19.3 Å². The lowest BCUT2D eigenvalue weighted by atomic mass is 9.69. The number of anilines is 1. The molecular formula is C29H29N3O6. The molecule has 0 unspecified atom stereocenters. The number of hydrogen-bond acceptors (Lipinski definition) is 7. The molecule has 5 rings (SSSR count). The molecule has 196 valence electrons. The molecule has 38 heavy (non-hydrogen) atoms. The van der Waals surface area contributed by atoms with Gasteiger partial charge in [-0.3, -0.25) is 4.79 Å². The van der Waals surface area contributed by atoms with Crippen molar-refractivity contribution in [3.63, 3.8) is 0 Å². The standard InChI is InChI=1S/C29H29N3O6/c1-15-19(25(33)32(16(2)38-36)26(34)22(15)30-7)13-18-12-17-14-20-23-21(24(17)37-27(18)35)29(5,6)9-11-31(23)10-8-28(20,3)4/h12-14,34,36H,1-2,8-11H2,3-6H3. The zero-order chi connectivity index (χ0) is 27.7. The Morgan fingerprint density at radius 2 is 1.84 bits per heavy atom. The van der Waals surface area contributed by atoms with Crippen molar-refractivity contribution in [1.29, 1.82) is 0 Å². The molecule has 4 heterocycles. The van der Waals surface area contributed by atoms with Crippen molar-refractivity contribution in [2.75, 3.05) is 18.0 Å². The van der Waals surface area contributed by atoms with Crippen molar-refractivity contribution < 1.29 is 19.7 Å². The van der Waals surface area contributed by atoms with Gasteiger partial charge in [-0.05, 0) is 59.2 Å². The molecule has 0 atom stereocenters. The Balaban J connectivity index is 1.87. The van der Waals surface area contributed by atoms with Crippen LogP contribution in [-0.4, -0.2) is 28.0 Å². The Labute approximate surface area is 218 Å². The summed E-state index contributed by atoms with van der Waals surface area (Å²) in [5.41, 5.74) is 1.79. The van der Waals surface area contributed by atoms with Crippen LogP contribution in [-0.2, 0) is 15.7 Å². The zero-order valence-corrected chi connectivity index (χ0v) is 21.8. The van der Waals surface area contributed by atoms with Crippen LogP contribution < -0.4 is 26.5 Å². The van der Waals surface area contributed by atoms with Gasteiger partial charge in [-0.1, -0.05) is 27.7 Å². The monoisotopic (exact) mass is 515 g/mol. The van der Waals surface area contributed by atoms with E-state index < -0.39 is 22.9 Å². The highest BCUT2D eigenvalue weighted by atomic mass is 17.1. The maximum absolute atomic E-state index is 13.3. The number of benzene rings is 1.